The fourth-order valence-electron chi connectivity index (χ4n) is 0.541. The maximum absolute atomic E-state index is 10.7. The number of aliphatic carboxylic acids is 1. The van der Waals surface area contributed by atoms with Crippen molar-refractivity contribution in [3.63, 3.8) is 0 Å². The van der Waals surface area contributed by atoms with Gasteiger partial charge in [0.2, 0.25) is 5.91 Å². The van der Waals surface area contributed by atoms with Gasteiger partial charge in [-0.1, -0.05) is 6.92 Å². The lowest BCUT2D eigenvalue weighted by atomic mass is 10.2. The Hall–Kier alpha value is -1.39. The zero-order chi connectivity index (χ0) is 9.56. The Balaban J connectivity index is 3.60. The lowest BCUT2D eigenvalue weighted by Crippen LogP contribution is -2.30. The van der Waals surface area contributed by atoms with Crippen molar-refractivity contribution < 1.29 is 19.5 Å². The van der Waals surface area contributed by atoms with Gasteiger partial charge in [-0.25, -0.2) is 0 Å². The number of rotatable bonds is 5. The maximum atomic E-state index is 10.7. The molecule has 1 amide bonds. The summed E-state index contributed by atoms with van der Waals surface area (Å²) in [5.41, 5.74) is 0. The summed E-state index contributed by atoms with van der Waals surface area (Å²) < 4.78 is 0. The Morgan fingerprint density at radius 3 is 2.33 bits per heavy atom. The number of amides is 1. The fourth-order valence-corrected chi connectivity index (χ4v) is 0.541. The van der Waals surface area contributed by atoms with Crippen LogP contribution in [0.5, 0.6) is 0 Å². The Morgan fingerprint density at radius 2 is 1.92 bits per heavy atom. The van der Waals surface area contributed by atoms with E-state index in [1.807, 2.05) is 0 Å². The van der Waals surface area contributed by atoms with Gasteiger partial charge < -0.3 is 10.4 Å². The molecule has 0 saturated carbocycles. The van der Waals surface area contributed by atoms with Gasteiger partial charge in [-0.3, -0.25) is 14.4 Å². The highest BCUT2D eigenvalue weighted by atomic mass is 16.4. The molecule has 0 rings (SSSR count). The van der Waals surface area contributed by atoms with Gasteiger partial charge in [0.1, 0.15) is 12.3 Å². The lowest BCUT2D eigenvalue weighted by Gasteiger charge is -1.99. The zero-order valence-electron chi connectivity index (χ0n) is 6.79. The summed E-state index contributed by atoms with van der Waals surface area (Å²) in [5.74, 6) is -1.85. The lowest BCUT2D eigenvalue weighted by molar-refractivity contribution is -0.138. The molecular weight excluding hydrogens is 162 g/mol. The van der Waals surface area contributed by atoms with Crippen LogP contribution in [0.4, 0.5) is 0 Å². The molecule has 0 unspecified atom stereocenters. The molecule has 0 aromatic carbocycles. The van der Waals surface area contributed by atoms with Crippen LogP contribution in [0.1, 0.15) is 19.8 Å². The van der Waals surface area contributed by atoms with Crippen LogP contribution < -0.4 is 5.32 Å². The van der Waals surface area contributed by atoms with Gasteiger partial charge in [0.05, 0.1) is 6.42 Å². The number of ketones is 1. The fraction of sp³-hybridized carbons (Fsp3) is 0.571. The number of nitrogens with one attached hydrogen (secondary N) is 1. The molecule has 0 aromatic heterocycles. The van der Waals surface area contributed by atoms with E-state index in [0.29, 0.717) is 6.42 Å². The average Bonchev–Trinajstić information content (AvgIpc) is 2.00. The first-order valence-electron chi connectivity index (χ1n) is 3.56. The van der Waals surface area contributed by atoms with Gasteiger partial charge in [-0.15, -0.1) is 0 Å². The molecule has 0 aromatic rings. The number of carboxylic acids is 1. The predicted molar refractivity (Wildman–Crippen MR) is 40.6 cm³/mol. The van der Waals surface area contributed by atoms with Crippen molar-refractivity contribution in [2.75, 3.05) is 6.54 Å². The Kier molecular flexibility index (Phi) is 4.67. The average molecular weight is 173 g/mol. The van der Waals surface area contributed by atoms with E-state index in [9.17, 15) is 14.4 Å². The monoisotopic (exact) mass is 173 g/mol. The van der Waals surface area contributed by atoms with Gasteiger partial charge in [0, 0.05) is 6.42 Å². The molecule has 68 valence electrons. The molecule has 0 spiro atoms. The Bertz CT molecular complexity index is 200. The molecule has 0 aliphatic carbocycles. The highest BCUT2D eigenvalue weighted by Crippen LogP contribution is 1.87. The van der Waals surface area contributed by atoms with Crippen molar-refractivity contribution in [3.8, 4) is 0 Å². The maximum Gasteiger partial charge on any atom is 0.322 e. The molecule has 0 atom stereocenters. The number of carboxylic acid groups (broad SMARTS) is 1. The van der Waals surface area contributed by atoms with E-state index >= 15 is 0 Å². The minimum atomic E-state index is -1.12. The van der Waals surface area contributed by atoms with Crippen molar-refractivity contribution in [3.05, 3.63) is 0 Å². The first kappa shape index (κ1) is 10.6. The van der Waals surface area contributed by atoms with Crippen LogP contribution in [0.25, 0.3) is 0 Å². The van der Waals surface area contributed by atoms with Gasteiger partial charge >= 0.3 is 5.97 Å². The van der Waals surface area contributed by atoms with Crippen LogP contribution in [-0.2, 0) is 14.4 Å². The van der Waals surface area contributed by atoms with E-state index in [2.05, 4.69) is 5.32 Å². The third-order valence-corrected chi connectivity index (χ3v) is 1.19. The predicted octanol–water partition coefficient (Wildman–Crippen LogP) is -0.444. The van der Waals surface area contributed by atoms with Gasteiger partial charge in [-0.05, 0) is 0 Å². The second-order valence-corrected chi connectivity index (χ2v) is 2.24. The van der Waals surface area contributed by atoms with E-state index in [0.717, 1.165) is 0 Å². The van der Waals surface area contributed by atoms with Gasteiger partial charge in [0.15, 0.2) is 0 Å². The van der Waals surface area contributed by atoms with Crippen LogP contribution in [-0.4, -0.2) is 29.3 Å². The quantitative estimate of drug-likeness (QED) is 0.552. The number of Topliss-reactive ketones (excluding diaryl/α,β-unsaturated/α-hetero) is 1. The SMILES string of the molecule is CCC(=O)CC(=O)NCC(=O)O. The standard InChI is InChI=1S/C7H11NO4/c1-2-5(9)3-6(10)8-4-7(11)12/h2-4H2,1H3,(H,8,10)(H,11,12). The van der Waals surface area contributed by atoms with E-state index < -0.39 is 18.4 Å². The van der Waals surface area contributed by atoms with E-state index in [-0.39, 0.29) is 12.2 Å². The molecule has 0 heterocycles. The normalized spacial score (nSPS) is 9.08. The Labute approximate surface area is 69.8 Å². The molecular formula is C7H11NO4. The first-order chi connectivity index (χ1) is 5.56. The summed E-state index contributed by atoms with van der Waals surface area (Å²) in [5, 5.41) is 10.2. The molecule has 0 aliphatic heterocycles. The largest absolute Gasteiger partial charge is 0.480 e. The molecule has 0 saturated heterocycles. The molecule has 0 bridgehead atoms. The third kappa shape index (κ3) is 5.40. The van der Waals surface area contributed by atoms with Crippen molar-refractivity contribution in [2.24, 2.45) is 0 Å². The summed E-state index contributed by atoms with van der Waals surface area (Å²) >= 11 is 0. The van der Waals surface area contributed by atoms with E-state index in [1.54, 1.807) is 6.92 Å². The summed E-state index contributed by atoms with van der Waals surface area (Å²) in [6.45, 7) is 1.21. The third-order valence-electron chi connectivity index (χ3n) is 1.19. The Morgan fingerprint density at radius 1 is 1.33 bits per heavy atom. The summed E-state index contributed by atoms with van der Waals surface area (Å²) in [6.07, 6.45) is 0.0598. The molecule has 0 fully saturated rings. The van der Waals surface area contributed by atoms with Crippen LogP contribution in [0.3, 0.4) is 0 Å². The number of hydrogen-bond acceptors (Lipinski definition) is 3. The highest BCUT2D eigenvalue weighted by molar-refractivity contribution is 5.98. The van der Waals surface area contributed by atoms with Gasteiger partial charge in [0.25, 0.3) is 0 Å². The van der Waals surface area contributed by atoms with Crippen LogP contribution in [0, 0.1) is 0 Å². The second kappa shape index (κ2) is 5.29. The summed E-state index contributed by atoms with van der Waals surface area (Å²) in [6, 6.07) is 0. The summed E-state index contributed by atoms with van der Waals surface area (Å²) in [4.78, 5) is 31.3. The smallest absolute Gasteiger partial charge is 0.322 e. The minimum absolute atomic E-state index is 0.196. The van der Waals surface area contributed by atoms with E-state index in [4.69, 9.17) is 5.11 Å². The highest BCUT2D eigenvalue weighted by Gasteiger charge is 2.07. The van der Waals surface area contributed by atoms with Gasteiger partial charge in [-0.2, -0.15) is 0 Å². The number of carbonyl (C=O) groups excluding carboxylic acids is 2. The van der Waals surface area contributed by atoms with E-state index in [1.165, 1.54) is 0 Å². The molecule has 2 N–H and O–H groups in total. The molecule has 5 heteroatoms. The minimum Gasteiger partial charge on any atom is -0.480 e. The number of carbonyl (C=O) groups is 3. The van der Waals surface area contributed by atoms with Crippen molar-refractivity contribution in [2.45, 2.75) is 19.8 Å². The first-order valence-corrected chi connectivity index (χ1v) is 3.56. The second-order valence-electron chi connectivity index (χ2n) is 2.24. The van der Waals surface area contributed by atoms with Crippen molar-refractivity contribution in [1.29, 1.82) is 0 Å². The van der Waals surface area contributed by atoms with Crippen LogP contribution in [0.15, 0.2) is 0 Å². The number of hydrogen-bond donors (Lipinski definition) is 2. The van der Waals surface area contributed by atoms with Crippen molar-refractivity contribution >= 4 is 17.7 Å². The molecule has 0 radical (unpaired) electrons. The van der Waals surface area contributed by atoms with Crippen molar-refractivity contribution in [1.82, 2.24) is 5.32 Å². The topological polar surface area (TPSA) is 83.5 Å². The molecule has 0 aliphatic rings. The van der Waals surface area contributed by atoms with Crippen LogP contribution in [0.2, 0.25) is 0 Å². The zero-order valence-corrected chi connectivity index (χ0v) is 6.79. The molecule has 12 heavy (non-hydrogen) atoms. The summed E-state index contributed by atoms with van der Waals surface area (Å²) in [7, 11) is 0. The van der Waals surface area contributed by atoms with Crippen LogP contribution >= 0.6 is 0 Å². The molecule has 5 nitrogen and oxygen atoms in total.